The molecule has 0 saturated heterocycles. The van der Waals surface area contributed by atoms with E-state index in [9.17, 15) is 4.79 Å². The topological polar surface area (TPSA) is 79.8 Å². The number of hydrogen-bond donors (Lipinski definition) is 2. The Morgan fingerprint density at radius 2 is 2.05 bits per heavy atom. The molecule has 0 atom stereocenters. The van der Waals surface area contributed by atoms with Crippen LogP contribution in [0.5, 0.6) is 0 Å². The first-order valence-electron chi connectivity index (χ1n) is 7.03. The molecule has 6 heteroatoms. The van der Waals surface area contributed by atoms with Crippen LogP contribution >= 0.6 is 0 Å². The van der Waals surface area contributed by atoms with Crippen molar-refractivity contribution in [2.45, 2.75) is 57.9 Å². The summed E-state index contributed by atoms with van der Waals surface area (Å²) in [6.45, 7) is 2.15. The average molecular weight is 263 g/mol. The second-order valence-electron chi connectivity index (χ2n) is 4.91. The van der Waals surface area contributed by atoms with E-state index in [1.165, 1.54) is 19.2 Å². The highest BCUT2D eigenvalue weighted by atomic mass is 16.1. The van der Waals surface area contributed by atoms with Crippen LogP contribution in [-0.2, 0) is 4.79 Å². The van der Waals surface area contributed by atoms with Crippen molar-refractivity contribution in [3.63, 3.8) is 0 Å². The zero-order valence-corrected chi connectivity index (χ0v) is 11.4. The van der Waals surface area contributed by atoms with E-state index in [0.717, 1.165) is 25.7 Å². The second kappa shape index (κ2) is 7.01. The Morgan fingerprint density at radius 1 is 1.26 bits per heavy atom. The molecule has 0 aromatic carbocycles. The van der Waals surface area contributed by atoms with Gasteiger partial charge in [-0.3, -0.25) is 10.1 Å². The van der Waals surface area contributed by atoms with Crippen molar-refractivity contribution in [3.8, 4) is 0 Å². The van der Waals surface area contributed by atoms with Gasteiger partial charge in [0.15, 0.2) is 0 Å². The van der Waals surface area contributed by atoms with Crippen LogP contribution in [0, 0.1) is 0 Å². The molecule has 0 spiro atoms. The number of hydrogen-bond acceptors (Lipinski definition) is 5. The summed E-state index contributed by atoms with van der Waals surface area (Å²) < 4.78 is 0. The minimum Gasteiger partial charge on any atom is -0.351 e. The zero-order valence-electron chi connectivity index (χ0n) is 11.4. The smallest absolute Gasteiger partial charge is 0.234 e. The van der Waals surface area contributed by atoms with Crippen LogP contribution in [-0.4, -0.2) is 26.9 Å². The normalized spacial score (nSPS) is 14.2. The highest BCUT2D eigenvalue weighted by Crippen LogP contribution is 2.22. The first-order valence-corrected chi connectivity index (χ1v) is 7.03. The number of nitrogens with zero attached hydrogens (tertiary/aromatic N) is 3. The molecule has 2 N–H and O–H groups in total. The minimum atomic E-state index is -0.0281. The molecule has 1 aliphatic carbocycles. The highest BCUT2D eigenvalue weighted by Gasteiger charge is 2.22. The molecule has 1 aromatic heterocycles. The third-order valence-electron chi connectivity index (χ3n) is 2.99. The van der Waals surface area contributed by atoms with E-state index >= 15 is 0 Å². The van der Waals surface area contributed by atoms with E-state index in [0.29, 0.717) is 24.4 Å². The van der Waals surface area contributed by atoms with Crippen molar-refractivity contribution in [2.75, 3.05) is 10.6 Å². The lowest BCUT2D eigenvalue weighted by Crippen LogP contribution is -2.15. The number of rotatable bonds is 8. The number of anilines is 2. The van der Waals surface area contributed by atoms with Crippen LogP contribution in [0.2, 0.25) is 0 Å². The average Bonchev–Trinajstić information content (AvgIpc) is 3.19. The summed E-state index contributed by atoms with van der Waals surface area (Å²) in [6.07, 6.45) is 8.62. The van der Waals surface area contributed by atoms with Gasteiger partial charge in [-0.05, 0) is 19.3 Å². The Balaban J connectivity index is 1.75. The van der Waals surface area contributed by atoms with Crippen LogP contribution in [0.3, 0.4) is 0 Å². The number of nitrogens with one attached hydrogen (secondary N) is 2. The van der Waals surface area contributed by atoms with Gasteiger partial charge in [-0.2, -0.15) is 4.98 Å². The van der Waals surface area contributed by atoms with Crippen LogP contribution in [0.15, 0.2) is 6.33 Å². The molecule has 1 aliphatic rings. The summed E-state index contributed by atoms with van der Waals surface area (Å²) in [5.74, 6) is 0.845. The van der Waals surface area contributed by atoms with Gasteiger partial charge in [-0.25, -0.2) is 9.97 Å². The first kappa shape index (κ1) is 13.7. The van der Waals surface area contributed by atoms with E-state index in [-0.39, 0.29) is 5.91 Å². The molecule has 1 fully saturated rings. The molecule has 6 nitrogen and oxygen atoms in total. The van der Waals surface area contributed by atoms with Gasteiger partial charge < -0.3 is 5.32 Å². The summed E-state index contributed by atoms with van der Waals surface area (Å²) in [4.78, 5) is 23.8. The fraction of sp³-hybridized carbons (Fsp3) is 0.692. The lowest BCUT2D eigenvalue weighted by atomic mass is 10.1. The largest absolute Gasteiger partial charge is 0.351 e. The van der Waals surface area contributed by atoms with Crippen molar-refractivity contribution in [3.05, 3.63) is 6.33 Å². The maximum atomic E-state index is 11.7. The van der Waals surface area contributed by atoms with Gasteiger partial charge in [0, 0.05) is 12.5 Å². The molecule has 0 radical (unpaired) electrons. The molecule has 1 aromatic rings. The fourth-order valence-electron chi connectivity index (χ4n) is 1.74. The van der Waals surface area contributed by atoms with Crippen molar-refractivity contribution in [2.24, 2.45) is 0 Å². The predicted molar refractivity (Wildman–Crippen MR) is 73.9 cm³/mol. The molecule has 1 amide bonds. The van der Waals surface area contributed by atoms with Crippen LogP contribution in [0.25, 0.3) is 0 Å². The second-order valence-corrected chi connectivity index (χ2v) is 4.91. The third kappa shape index (κ3) is 5.19. The zero-order chi connectivity index (χ0) is 13.5. The highest BCUT2D eigenvalue weighted by molar-refractivity contribution is 5.88. The molecule has 19 heavy (non-hydrogen) atoms. The van der Waals surface area contributed by atoms with Gasteiger partial charge >= 0.3 is 0 Å². The van der Waals surface area contributed by atoms with E-state index in [4.69, 9.17) is 0 Å². The van der Waals surface area contributed by atoms with E-state index in [2.05, 4.69) is 32.5 Å². The van der Waals surface area contributed by atoms with Crippen molar-refractivity contribution < 1.29 is 4.79 Å². The summed E-state index contributed by atoms with van der Waals surface area (Å²) in [6, 6.07) is 0.486. The Bertz CT molecular complexity index is 419. The Hall–Kier alpha value is -1.72. The summed E-state index contributed by atoms with van der Waals surface area (Å²) in [5, 5.41) is 5.89. The van der Waals surface area contributed by atoms with Gasteiger partial charge in [0.1, 0.15) is 6.33 Å². The minimum absolute atomic E-state index is 0.0281. The number of aromatic nitrogens is 3. The summed E-state index contributed by atoms with van der Waals surface area (Å²) in [5.41, 5.74) is 0. The maximum absolute atomic E-state index is 11.7. The molecule has 0 aliphatic heterocycles. The molecule has 0 bridgehead atoms. The third-order valence-corrected chi connectivity index (χ3v) is 2.99. The van der Waals surface area contributed by atoms with Gasteiger partial charge in [-0.15, -0.1) is 0 Å². The molecule has 104 valence electrons. The molecule has 0 unspecified atom stereocenters. The maximum Gasteiger partial charge on any atom is 0.234 e. The predicted octanol–water partition coefficient (Wildman–Crippen LogP) is 2.35. The van der Waals surface area contributed by atoms with Crippen LogP contribution in [0.4, 0.5) is 11.9 Å². The van der Waals surface area contributed by atoms with Gasteiger partial charge in [-0.1, -0.05) is 26.2 Å². The molecule has 2 rings (SSSR count). The van der Waals surface area contributed by atoms with Crippen LogP contribution in [0.1, 0.15) is 51.9 Å². The van der Waals surface area contributed by atoms with Crippen LogP contribution < -0.4 is 10.6 Å². The number of unbranched alkanes of at least 4 members (excludes halogenated alkanes) is 3. The van der Waals surface area contributed by atoms with Crippen molar-refractivity contribution in [1.29, 1.82) is 0 Å². The van der Waals surface area contributed by atoms with Crippen molar-refractivity contribution >= 4 is 17.8 Å². The Labute approximate surface area is 113 Å². The van der Waals surface area contributed by atoms with E-state index in [1.807, 2.05) is 0 Å². The fourth-order valence-corrected chi connectivity index (χ4v) is 1.74. The molecular formula is C13H21N5O. The summed E-state index contributed by atoms with van der Waals surface area (Å²) in [7, 11) is 0. The van der Waals surface area contributed by atoms with E-state index < -0.39 is 0 Å². The number of carbonyl (C=O) groups excluding carboxylic acids is 1. The lowest BCUT2D eigenvalue weighted by molar-refractivity contribution is -0.116. The lowest BCUT2D eigenvalue weighted by Gasteiger charge is -2.05. The molecular weight excluding hydrogens is 242 g/mol. The van der Waals surface area contributed by atoms with Gasteiger partial charge in [0.25, 0.3) is 0 Å². The monoisotopic (exact) mass is 263 g/mol. The SMILES string of the molecule is CCCCCCC(=O)Nc1ncnc(NC2CC2)n1. The quantitative estimate of drug-likeness (QED) is 0.704. The number of amides is 1. The molecule has 1 saturated carbocycles. The Kier molecular flexibility index (Phi) is 5.06. The van der Waals surface area contributed by atoms with Crippen molar-refractivity contribution in [1.82, 2.24) is 15.0 Å². The molecule has 1 heterocycles. The Morgan fingerprint density at radius 3 is 2.79 bits per heavy atom. The summed E-state index contributed by atoms with van der Waals surface area (Å²) >= 11 is 0. The number of carbonyl (C=O) groups is 1. The first-order chi connectivity index (χ1) is 9.28. The van der Waals surface area contributed by atoms with E-state index in [1.54, 1.807) is 0 Å². The van der Waals surface area contributed by atoms with Gasteiger partial charge in [0.2, 0.25) is 17.8 Å². The van der Waals surface area contributed by atoms with Gasteiger partial charge in [0.05, 0.1) is 0 Å². The standard InChI is InChI=1S/C13H21N5O/c1-2-3-4-5-6-11(19)17-13-15-9-14-12(18-13)16-10-7-8-10/h9-10H,2-8H2,1H3,(H2,14,15,16,17,18,19).